The highest BCUT2D eigenvalue weighted by Gasteiger charge is 2.49. The van der Waals surface area contributed by atoms with Crippen molar-refractivity contribution in [3.05, 3.63) is 75.5 Å². The smallest absolute Gasteiger partial charge is 0.248 e. The van der Waals surface area contributed by atoms with E-state index in [0.717, 1.165) is 62.3 Å². The van der Waals surface area contributed by atoms with Crippen LogP contribution in [0.25, 0.3) is 5.76 Å². The van der Waals surface area contributed by atoms with Crippen LogP contribution in [-0.4, -0.2) is 41.6 Å². The number of aromatic amines is 1. The predicted octanol–water partition coefficient (Wildman–Crippen LogP) is 6.48. The number of methoxy groups -OCH3 is 1. The molecule has 1 fully saturated rings. The van der Waals surface area contributed by atoms with Crippen molar-refractivity contribution in [2.45, 2.75) is 84.6 Å². The van der Waals surface area contributed by atoms with Crippen molar-refractivity contribution in [1.29, 1.82) is 0 Å². The Balaban J connectivity index is 0.000000209. The number of H-pyrrole nitrogens is 1. The number of nitrogens with one attached hydrogen (secondary N) is 1. The van der Waals surface area contributed by atoms with E-state index >= 15 is 0 Å². The third-order valence-electron chi connectivity index (χ3n) is 7.22. The first-order valence-corrected chi connectivity index (χ1v) is 13.7. The highest BCUT2D eigenvalue weighted by molar-refractivity contribution is 5.74. The van der Waals surface area contributed by atoms with Crippen molar-refractivity contribution in [1.82, 2.24) is 9.88 Å². The first-order valence-electron chi connectivity index (χ1n) is 13.7. The van der Waals surface area contributed by atoms with E-state index in [2.05, 4.69) is 44.0 Å². The number of amides is 1. The quantitative estimate of drug-likeness (QED) is 0.322. The van der Waals surface area contributed by atoms with Crippen LogP contribution in [0, 0.1) is 5.92 Å². The normalized spacial score (nSPS) is 22.0. The Hall–Kier alpha value is -3.02. The third kappa shape index (κ3) is 7.27. The van der Waals surface area contributed by atoms with Crippen molar-refractivity contribution in [3.63, 3.8) is 0 Å². The van der Waals surface area contributed by atoms with Gasteiger partial charge in [-0.3, -0.25) is 9.59 Å². The van der Waals surface area contributed by atoms with E-state index in [1.54, 1.807) is 20.1 Å². The van der Waals surface area contributed by atoms with Gasteiger partial charge in [0.15, 0.2) is 5.76 Å². The zero-order valence-electron chi connectivity index (χ0n) is 23.4. The maximum atomic E-state index is 11.6. The number of aromatic nitrogens is 1. The van der Waals surface area contributed by atoms with Gasteiger partial charge in [-0.25, -0.2) is 0 Å². The Morgan fingerprint density at radius 3 is 2.68 bits per heavy atom. The van der Waals surface area contributed by atoms with Crippen molar-refractivity contribution in [3.8, 4) is 0 Å². The minimum atomic E-state index is -0.183. The summed E-state index contributed by atoms with van der Waals surface area (Å²) in [6.07, 6.45) is 17.0. The van der Waals surface area contributed by atoms with Crippen LogP contribution in [0.5, 0.6) is 0 Å². The monoisotopic (exact) mass is 508 g/mol. The van der Waals surface area contributed by atoms with Crippen LogP contribution in [0.2, 0.25) is 0 Å². The minimum Gasteiger partial charge on any atom is -0.497 e. The van der Waals surface area contributed by atoms with Crippen molar-refractivity contribution >= 4 is 11.7 Å². The van der Waals surface area contributed by atoms with Crippen LogP contribution < -0.4 is 5.56 Å². The van der Waals surface area contributed by atoms with Gasteiger partial charge in [-0.15, -0.1) is 0 Å². The fraction of sp³-hybridized carbons (Fsp3) is 0.548. The molecule has 1 aliphatic heterocycles. The summed E-state index contributed by atoms with van der Waals surface area (Å²) < 4.78 is 11.5. The number of rotatable bonds is 8. The first kappa shape index (κ1) is 28.5. The van der Waals surface area contributed by atoms with E-state index in [4.69, 9.17) is 9.47 Å². The number of nitrogens with zero attached hydrogens (tertiary/aromatic N) is 1. The van der Waals surface area contributed by atoms with Crippen molar-refractivity contribution < 1.29 is 14.3 Å². The van der Waals surface area contributed by atoms with Gasteiger partial charge in [0.05, 0.1) is 24.9 Å². The molecule has 2 aliphatic carbocycles. The number of carbonyl (C=O) groups excluding carboxylic acids is 1. The molecule has 202 valence electrons. The molecule has 0 bridgehead atoms. The standard InChI is InChI=1S/C16H21NO3.C15H23NO/c1-3-4-5-8-20-16-14-10(6-7-13(18)17-14)11-9-12(11)15(16)19-2;1-5-6-7-9-14-10-8-11-16(13(2)17)15(3,4)12-14/h6-7,11-12H,3-5,8-9H2,1-2H3,(H,17,18);5-7,9,12H,8,10-11H2,1-4H3/b;6-5-,9-7-. The van der Waals surface area contributed by atoms with Crippen molar-refractivity contribution in [2.24, 2.45) is 5.92 Å². The number of hydrogen-bond acceptors (Lipinski definition) is 4. The summed E-state index contributed by atoms with van der Waals surface area (Å²) in [5, 5.41) is 0. The molecule has 1 aromatic rings. The Labute approximate surface area is 222 Å². The molecule has 6 nitrogen and oxygen atoms in total. The largest absolute Gasteiger partial charge is 0.497 e. The number of allylic oxidation sites excluding steroid dienone is 6. The SMILES string of the molecule is C/C=C\C=C/C1=CC(C)(C)N(C(C)=O)CCC1.CCCCCOC1=C(OC)C2CC2c2ccc(=O)[nH]c21. The molecule has 0 aromatic carbocycles. The summed E-state index contributed by atoms with van der Waals surface area (Å²) >= 11 is 0. The lowest BCUT2D eigenvalue weighted by molar-refractivity contribution is -0.132. The average molecular weight is 509 g/mol. The van der Waals surface area contributed by atoms with Crippen molar-refractivity contribution in [2.75, 3.05) is 20.3 Å². The van der Waals surface area contributed by atoms with Gasteiger partial charge in [-0.2, -0.15) is 0 Å². The minimum absolute atomic E-state index is 0.0899. The van der Waals surface area contributed by atoms with E-state index in [0.29, 0.717) is 18.4 Å². The summed E-state index contributed by atoms with van der Waals surface area (Å²) in [6.45, 7) is 11.5. The molecule has 0 saturated heterocycles. The molecule has 6 heteroatoms. The molecule has 1 amide bonds. The summed E-state index contributed by atoms with van der Waals surface area (Å²) in [5.41, 5.74) is 3.06. The molecule has 2 unspecified atom stereocenters. The molecule has 37 heavy (non-hydrogen) atoms. The summed E-state index contributed by atoms with van der Waals surface area (Å²) in [7, 11) is 1.69. The lowest BCUT2D eigenvalue weighted by atomic mass is 9.99. The fourth-order valence-electron chi connectivity index (χ4n) is 5.33. The van der Waals surface area contributed by atoms with Crippen LogP contribution in [-0.2, 0) is 14.3 Å². The third-order valence-corrected chi connectivity index (χ3v) is 7.22. The summed E-state index contributed by atoms with van der Waals surface area (Å²) in [5.74, 6) is 2.72. The molecule has 1 N–H and O–H groups in total. The van der Waals surface area contributed by atoms with Gasteiger partial charge < -0.3 is 19.4 Å². The first-order chi connectivity index (χ1) is 17.7. The second-order valence-corrected chi connectivity index (χ2v) is 10.6. The number of carbonyl (C=O) groups is 1. The van der Waals surface area contributed by atoms with E-state index in [1.807, 2.05) is 30.0 Å². The lowest BCUT2D eigenvalue weighted by Gasteiger charge is -2.34. The van der Waals surface area contributed by atoms with E-state index in [1.165, 1.54) is 11.1 Å². The molecular weight excluding hydrogens is 464 g/mol. The Kier molecular flexibility index (Phi) is 10.0. The van der Waals surface area contributed by atoms with E-state index in [9.17, 15) is 9.59 Å². The Morgan fingerprint density at radius 2 is 2.00 bits per heavy atom. The second-order valence-electron chi connectivity index (χ2n) is 10.6. The topological polar surface area (TPSA) is 71.6 Å². The zero-order valence-corrected chi connectivity index (χ0v) is 23.4. The van der Waals surface area contributed by atoms with Gasteiger partial charge in [0.2, 0.25) is 11.5 Å². The molecule has 0 radical (unpaired) electrons. The van der Waals surface area contributed by atoms with Gasteiger partial charge in [-0.1, -0.05) is 56.2 Å². The van der Waals surface area contributed by atoms with Gasteiger partial charge in [0.1, 0.15) is 5.76 Å². The van der Waals surface area contributed by atoms with Crippen LogP contribution >= 0.6 is 0 Å². The molecule has 4 rings (SSSR count). The highest BCUT2D eigenvalue weighted by atomic mass is 16.5. The maximum Gasteiger partial charge on any atom is 0.248 e. The molecular formula is C31H44N2O4. The van der Waals surface area contributed by atoms with Crippen LogP contribution in [0.3, 0.4) is 0 Å². The number of fused-ring (bicyclic) bond motifs is 3. The Morgan fingerprint density at radius 1 is 1.22 bits per heavy atom. The lowest BCUT2D eigenvalue weighted by Crippen LogP contribution is -2.45. The van der Waals surface area contributed by atoms with Crippen LogP contribution in [0.1, 0.15) is 90.3 Å². The van der Waals surface area contributed by atoms with E-state index < -0.39 is 0 Å². The zero-order chi connectivity index (χ0) is 27.0. The molecule has 1 saturated carbocycles. The molecule has 2 atom stereocenters. The fourth-order valence-corrected chi connectivity index (χ4v) is 5.33. The summed E-state index contributed by atoms with van der Waals surface area (Å²) in [4.78, 5) is 28.1. The predicted molar refractivity (Wildman–Crippen MR) is 150 cm³/mol. The highest BCUT2D eigenvalue weighted by Crippen LogP contribution is 2.58. The number of ether oxygens (including phenoxy) is 2. The van der Waals surface area contributed by atoms with Gasteiger partial charge in [0, 0.05) is 25.5 Å². The summed E-state index contributed by atoms with van der Waals surface area (Å²) in [6, 6.07) is 3.53. The molecule has 1 aromatic heterocycles. The number of hydrogen-bond donors (Lipinski definition) is 1. The number of unbranched alkanes of at least 4 members (excludes halogenated alkanes) is 2. The maximum absolute atomic E-state index is 11.6. The average Bonchev–Trinajstić information content (AvgIpc) is 3.66. The Bertz CT molecular complexity index is 1120. The number of pyridine rings is 1. The van der Waals surface area contributed by atoms with E-state index in [-0.39, 0.29) is 17.0 Å². The van der Waals surface area contributed by atoms with Gasteiger partial charge in [0.25, 0.3) is 0 Å². The van der Waals surface area contributed by atoms with Crippen LogP contribution in [0.15, 0.2) is 58.6 Å². The molecule has 0 spiro atoms. The van der Waals surface area contributed by atoms with Gasteiger partial charge in [-0.05, 0) is 63.5 Å². The molecule has 2 heterocycles. The van der Waals surface area contributed by atoms with Gasteiger partial charge >= 0.3 is 0 Å². The second kappa shape index (κ2) is 13.0. The van der Waals surface area contributed by atoms with Crippen LogP contribution in [0.4, 0.5) is 0 Å². The molecule has 3 aliphatic rings.